The van der Waals surface area contributed by atoms with Crippen LogP contribution in [-0.4, -0.2) is 24.0 Å². The first-order valence-corrected chi connectivity index (χ1v) is 7.52. The standard InChI is InChI=1S/C13H21N3OS/c1-3-14-8-9(2)12(17)16-13-15-10-6-4-5-7-11(10)18-13/h9,14H,3-8H2,1-2H3,(H,15,16,17). The molecule has 0 spiro atoms. The van der Waals surface area contributed by atoms with Crippen molar-refractivity contribution in [1.82, 2.24) is 10.3 Å². The Morgan fingerprint density at radius 3 is 2.94 bits per heavy atom. The number of nitrogens with zero attached hydrogens (tertiary/aromatic N) is 1. The van der Waals surface area contributed by atoms with Crippen LogP contribution in [0.1, 0.15) is 37.3 Å². The summed E-state index contributed by atoms with van der Waals surface area (Å²) in [5.41, 5.74) is 1.20. The molecule has 1 aromatic rings. The van der Waals surface area contributed by atoms with Crippen LogP contribution in [0.25, 0.3) is 0 Å². The molecule has 0 aromatic carbocycles. The summed E-state index contributed by atoms with van der Waals surface area (Å²) in [4.78, 5) is 17.8. The highest BCUT2D eigenvalue weighted by Crippen LogP contribution is 2.29. The minimum Gasteiger partial charge on any atom is -0.316 e. The molecule has 1 unspecified atom stereocenters. The van der Waals surface area contributed by atoms with Gasteiger partial charge in [0, 0.05) is 17.3 Å². The number of hydrogen-bond acceptors (Lipinski definition) is 4. The van der Waals surface area contributed by atoms with Crippen LogP contribution in [0.15, 0.2) is 0 Å². The fourth-order valence-corrected chi connectivity index (χ4v) is 3.14. The van der Waals surface area contributed by atoms with E-state index in [2.05, 4.69) is 15.6 Å². The van der Waals surface area contributed by atoms with Crippen LogP contribution in [0.2, 0.25) is 0 Å². The van der Waals surface area contributed by atoms with Crippen molar-refractivity contribution in [2.24, 2.45) is 5.92 Å². The Bertz CT molecular complexity index is 393. The highest BCUT2D eigenvalue weighted by atomic mass is 32.1. The fraction of sp³-hybridized carbons (Fsp3) is 0.692. The van der Waals surface area contributed by atoms with Gasteiger partial charge in [-0.3, -0.25) is 4.79 Å². The summed E-state index contributed by atoms with van der Waals surface area (Å²) < 4.78 is 0. The second-order valence-electron chi connectivity index (χ2n) is 4.79. The molecule has 1 heterocycles. The summed E-state index contributed by atoms with van der Waals surface area (Å²) in [7, 11) is 0. The predicted octanol–water partition coefficient (Wildman–Crippen LogP) is 2.21. The lowest BCUT2D eigenvalue weighted by Gasteiger charge is -2.10. The van der Waals surface area contributed by atoms with Crippen molar-refractivity contribution in [3.63, 3.8) is 0 Å². The predicted molar refractivity (Wildman–Crippen MR) is 75.1 cm³/mol. The number of hydrogen-bond donors (Lipinski definition) is 2. The molecule has 0 saturated carbocycles. The van der Waals surface area contributed by atoms with Gasteiger partial charge in [-0.25, -0.2) is 4.98 Å². The first-order chi connectivity index (χ1) is 8.70. The van der Waals surface area contributed by atoms with Crippen LogP contribution in [0.4, 0.5) is 5.13 Å². The molecule has 1 atom stereocenters. The van der Waals surface area contributed by atoms with Gasteiger partial charge in [-0.05, 0) is 32.2 Å². The van der Waals surface area contributed by atoms with Crippen molar-refractivity contribution in [3.8, 4) is 0 Å². The average molecular weight is 267 g/mol. The van der Waals surface area contributed by atoms with E-state index >= 15 is 0 Å². The number of anilines is 1. The number of fused-ring (bicyclic) bond motifs is 1. The van der Waals surface area contributed by atoms with E-state index in [1.165, 1.54) is 23.4 Å². The number of thiazole rings is 1. The first-order valence-electron chi connectivity index (χ1n) is 6.71. The van der Waals surface area contributed by atoms with E-state index in [1.54, 1.807) is 11.3 Å². The minimum absolute atomic E-state index is 0.0223. The smallest absolute Gasteiger partial charge is 0.230 e. The highest BCUT2D eigenvalue weighted by molar-refractivity contribution is 7.15. The van der Waals surface area contributed by atoms with Crippen LogP contribution in [0, 0.1) is 5.92 Å². The van der Waals surface area contributed by atoms with Crippen molar-refractivity contribution in [2.45, 2.75) is 39.5 Å². The second kappa shape index (κ2) is 6.29. The molecule has 1 aliphatic rings. The van der Waals surface area contributed by atoms with E-state index in [0.717, 1.165) is 24.5 Å². The summed E-state index contributed by atoms with van der Waals surface area (Å²) in [5, 5.41) is 6.90. The Kier molecular flexibility index (Phi) is 4.72. The van der Waals surface area contributed by atoms with E-state index < -0.39 is 0 Å². The third-order valence-corrected chi connectivity index (χ3v) is 4.30. The maximum Gasteiger partial charge on any atom is 0.230 e. The van der Waals surface area contributed by atoms with Gasteiger partial charge >= 0.3 is 0 Å². The summed E-state index contributed by atoms with van der Waals surface area (Å²) in [6.07, 6.45) is 4.66. The molecule has 0 fully saturated rings. The molecule has 0 bridgehead atoms. The van der Waals surface area contributed by atoms with Crippen molar-refractivity contribution in [1.29, 1.82) is 0 Å². The van der Waals surface area contributed by atoms with Gasteiger partial charge < -0.3 is 10.6 Å². The molecular formula is C13H21N3OS. The molecule has 100 valence electrons. The Balaban J connectivity index is 1.92. The number of rotatable bonds is 5. The Morgan fingerprint density at radius 2 is 2.22 bits per heavy atom. The summed E-state index contributed by atoms with van der Waals surface area (Å²) >= 11 is 1.64. The van der Waals surface area contributed by atoms with Crippen molar-refractivity contribution in [2.75, 3.05) is 18.4 Å². The molecule has 1 amide bonds. The van der Waals surface area contributed by atoms with Crippen LogP contribution in [-0.2, 0) is 17.6 Å². The van der Waals surface area contributed by atoms with Gasteiger partial charge in [-0.1, -0.05) is 13.8 Å². The van der Waals surface area contributed by atoms with E-state index in [9.17, 15) is 4.79 Å². The average Bonchev–Trinajstić information content (AvgIpc) is 2.77. The zero-order chi connectivity index (χ0) is 13.0. The van der Waals surface area contributed by atoms with Crippen LogP contribution in [0.3, 0.4) is 0 Å². The van der Waals surface area contributed by atoms with Crippen LogP contribution >= 0.6 is 11.3 Å². The Hall–Kier alpha value is -0.940. The van der Waals surface area contributed by atoms with Gasteiger partial charge in [-0.2, -0.15) is 0 Å². The van der Waals surface area contributed by atoms with Gasteiger partial charge in [0.25, 0.3) is 0 Å². The molecule has 0 aliphatic heterocycles. The summed E-state index contributed by atoms with van der Waals surface area (Å²) in [6.45, 7) is 5.58. The molecule has 0 saturated heterocycles. The molecule has 2 N–H and O–H groups in total. The summed E-state index contributed by atoms with van der Waals surface area (Å²) in [5.74, 6) is 0.0351. The topological polar surface area (TPSA) is 54.0 Å². The molecule has 1 aliphatic carbocycles. The van der Waals surface area contributed by atoms with E-state index in [4.69, 9.17) is 0 Å². The zero-order valence-corrected chi connectivity index (χ0v) is 11.9. The fourth-order valence-electron chi connectivity index (χ4n) is 2.09. The molecule has 1 aromatic heterocycles. The maximum atomic E-state index is 11.9. The highest BCUT2D eigenvalue weighted by Gasteiger charge is 2.18. The Labute approximate surface area is 112 Å². The Morgan fingerprint density at radius 1 is 1.44 bits per heavy atom. The molecule has 18 heavy (non-hydrogen) atoms. The number of aromatic nitrogens is 1. The monoisotopic (exact) mass is 267 g/mol. The maximum absolute atomic E-state index is 11.9. The SMILES string of the molecule is CCNCC(C)C(=O)Nc1nc2c(s1)CCCC2. The van der Waals surface area contributed by atoms with Crippen LogP contribution < -0.4 is 10.6 Å². The first kappa shape index (κ1) is 13.5. The normalized spacial score (nSPS) is 16.1. The zero-order valence-electron chi connectivity index (χ0n) is 11.1. The third-order valence-electron chi connectivity index (χ3n) is 3.22. The molecule has 5 heteroatoms. The number of amides is 1. The van der Waals surface area contributed by atoms with Gasteiger partial charge in [0.2, 0.25) is 5.91 Å². The van der Waals surface area contributed by atoms with E-state index in [0.29, 0.717) is 6.54 Å². The second-order valence-corrected chi connectivity index (χ2v) is 5.88. The molecule has 2 rings (SSSR count). The third kappa shape index (κ3) is 3.29. The van der Waals surface area contributed by atoms with Gasteiger partial charge in [0.1, 0.15) is 0 Å². The lowest BCUT2D eigenvalue weighted by Crippen LogP contribution is -2.30. The number of carbonyl (C=O) groups is 1. The quantitative estimate of drug-likeness (QED) is 0.860. The van der Waals surface area contributed by atoms with E-state index in [1.807, 2.05) is 13.8 Å². The van der Waals surface area contributed by atoms with E-state index in [-0.39, 0.29) is 11.8 Å². The van der Waals surface area contributed by atoms with Gasteiger partial charge in [0.15, 0.2) is 5.13 Å². The van der Waals surface area contributed by atoms with Gasteiger partial charge in [-0.15, -0.1) is 11.3 Å². The number of aryl methyl sites for hydroxylation is 2. The largest absolute Gasteiger partial charge is 0.316 e. The summed E-state index contributed by atoms with van der Waals surface area (Å²) in [6, 6.07) is 0. The van der Waals surface area contributed by atoms with Crippen molar-refractivity contribution in [3.05, 3.63) is 10.6 Å². The van der Waals surface area contributed by atoms with Gasteiger partial charge in [0.05, 0.1) is 5.69 Å². The van der Waals surface area contributed by atoms with Crippen molar-refractivity contribution >= 4 is 22.4 Å². The minimum atomic E-state index is -0.0223. The number of nitrogens with one attached hydrogen (secondary N) is 2. The van der Waals surface area contributed by atoms with Crippen molar-refractivity contribution < 1.29 is 4.79 Å². The molecule has 0 radical (unpaired) electrons. The lowest BCUT2D eigenvalue weighted by molar-refractivity contribution is -0.119. The van der Waals surface area contributed by atoms with Crippen LogP contribution in [0.5, 0.6) is 0 Å². The number of carbonyl (C=O) groups excluding carboxylic acids is 1. The molecular weight excluding hydrogens is 246 g/mol. The molecule has 4 nitrogen and oxygen atoms in total. The lowest BCUT2D eigenvalue weighted by atomic mass is 10.0.